The summed E-state index contributed by atoms with van der Waals surface area (Å²) in [6, 6.07) is 0. The van der Waals surface area contributed by atoms with E-state index in [0.717, 1.165) is 0 Å². The molecule has 0 spiro atoms. The molecule has 0 aromatic heterocycles. The molecule has 1 aliphatic heterocycles. The van der Waals surface area contributed by atoms with Gasteiger partial charge in [0.05, 0.1) is 0 Å². The molecule has 50 valence electrons. The Kier molecular flexibility index (Phi) is 2.67. The molecule has 1 heterocycles. The Morgan fingerprint density at radius 3 is 2.89 bits per heavy atom. The van der Waals surface area contributed by atoms with E-state index < -0.39 is 11.1 Å². The molecule has 1 unspecified atom stereocenters. The van der Waals surface area contributed by atoms with Crippen LogP contribution in [-0.4, -0.2) is 8.76 Å². The Hall–Kier alpha value is 0.120. The van der Waals surface area contributed by atoms with Gasteiger partial charge in [0.15, 0.2) is 5.03 Å². The van der Waals surface area contributed by atoms with E-state index in [-0.39, 0.29) is 21.0 Å². The first-order valence-electron chi connectivity index (χ1n) is 2.12. The third-order valence-electron chi connectivity index (χ3n) is 0.679. The van der Waals surface area contributed by atoms with E-state index in [1.165, 1.54) is 0 Å². The largest absolute Gasteiger partial charge is 0.301 e. The van der Waals surface area contributed by atoms with E-state index in [0.29, 0.717) is 5.03 Å². The number of hydrogen-bond donors (Lipinski definition) is 1. The Morgan fingerprint density at radius 2 is 2.56 bits per heavy atom. The summed E-state index contributed by atoms with van der Waals surface area (Å²) in [4.78, 5) is 0. The molecular weight excluding hydrogens is 253 g/mol. The average Bonchev–Trinajstić information content (AvgIpc) is 1.90. The monoisotopic (exact) mass is 257 g/mol. The molecule has 0 aromatic carbocycles. The van der Waals surface area contributed by atoms with Crippen LogP contribution in [0.25, 0.3) is 0 Å². The highest BCUT2D eigenvalue weighted by molar-refractivity contribution is 14.2. The number of halogens is 1. The van der Waals surface area contributed by atoms with Crippen LogP contribution in [0.5, 0.6) is 0 Å². The molecule has 0 saturated heterocycles. The number of allylic oxidation sites excluding steroid dienone is 2. The molecule has 1 aliphatic rings. The van der Waals surface area contributed by atoms with Gasteiger partial charge in [-0.1, -0.05) is 6.08 Å². The molecule has 5 heteroatoms. The molecule has 1 N–H and O–H groups in total. The first kappa shape index (κ1) is 7.23. The summed E-state index contributed by atoms with van der Waals surface area (Å²) in [5.41, 5.74) is 0. The summed E-state index contributed by atoms with van der Waals surface area (Å²) in [6.07, 6.45) is 3.32. The van der Waals surface area contributed by atoms with Gasteiger partial charge in [-0.3, -0.25) is 0 Å². The molecule has 1 atom stereocenters. The minimum atomic E-state index is -1.88. The van der Waals surface area contributed by atoms with Gasteiger partial charge < -0.3 is 4.55 Å². The molecule has 3 nitrogen and oxygen atoms in total. The molecule has 0 aromatic rings. The van der Waals surface area contributed by atoms with Crippen molar-refractivity contribution in [1.29, 1.82) is 0 Å². The van der Waals surface area contributed by atoms with Crippen LogP contribution >= 0.6 is 21.0 Å². The van der Waals surface area contributed by atoms with Crippen LogP contribution in [0.2, 0.25) is 0 Å². The van der Waals surface area contributed by atoms with Crippen LogP contribution in [0.4, 0.5) is 0 Å². The highest BCUT2D eigenvalue weighted by atomic mass is 127. The van der Waals surface area contributed by atoms with Gasteiger partial charge >= 0.3 is 0 Å². The fraction of sp³-hybridized carbons (Fsp3) is 0. The Morgan fingerprint density at radius 1 is 1.78 bits per heavy atom. The van der Waals surface area contributed by atoms with Gasteiger partial charge in [-0.15, -0.1) is 0 Å². The van der Waals surface area contributed by atoms with Crippen molar-refractivity contribution in [1.82, 2.24) is 0 Å². The van der Waals surface area contributed by atoms with E-state index in [9.17, 15) is 4.21 Å². The van der Waals surface area contributed by atoms with Crippen LogP contribution in [0.15, 0.2) is 24.4 Å². The maximum atomic E-state index is 10.3. The van der Waals surface area contributed by atoms with Crippen molar-refractivity contribution < 1.29 is 8.76 Å². The van der Waals surface area contributed by atoms with Crippen molar-refractivity contribution >= 4 is 32.1 Å². The van der Waals surface area contributed by atoms with Crippen molar-refractivity contribution in [2.75, 3.05) is 0 Å². The zero-order chi connectivity index (χ0) is 6.69. The van der Waals surface area contributed by atoms with Gasteiger partial charge in [0.25, 0.3) is 0 Å². The van der Waals surface area contributed by atoms with Crippen molar-refractivity contribution in [3.8, 4) is 0 Å². The highest BCUT2D eigenvalue weighted by Crippen LogP contribution is 2.16. The molecule has 0 saturated carbocycles. The fourth-order valence-electron chi connectivity index (χ4n) is 0.343. The Bertz CT molecular complexity index is 221. The van der Waals surface area contributed by atoms with Crippen molar-refractivity contribution in [2.45, 2.75) is 0 Å². The first-order chi connectivity index (χ1) is 4.30. The number of rotatable bonds is 1. The lowest BCUT2D eigenvalue weighted by molar-refractivity contribution is 0.571. The van der Waals surface area contributed by atoms with Gasteiger partial charge in [0.1, 0.15) is 0 Å². The van der Waals surface area contributed by atoms with E-state index in [2.05, 4.69) is 3.15 Å². The van der Waals surface area contributed by atoms with Crippen LogP contribution in [0, 0.1) is 0 Å². The highest BCUT2D eigenvalue weighted by Gasteiger charge is 2.00. The summed E-state index contributed by atoms with van der Waals surface area (Å²) >= 11 is -2.22. The summed E-state index contributed by atoms with van der Waals surface area (Å²) < 4.78 is 24.5. The Labute approximate surface area is 65.3 Å². The van der Waals surface area contributed by atoms with E-state index in [1.807, 2.05) is 4.08 Å². The molecule has 0 aliphatic carbocycles. The predicted octanol–water partition coefficient (Wildman–Crippen LogP) is 1.73. The molecule has 0 bridgehead atoms. The zero-order valence-electron chi connectivity index (χ0n) is 4.32. The van der Waals surface area contributed by atoms with Gasteiger partial charge in [-0.25, -0.2) is 7.35 Å². The summed E-state index contributed by atoms with van der Waals surface area (Å²) in [5, 5.41) is 0.297. The fourth-order valence-corrected chi connectivity index (χ4v) is 2.36. The van der Waals surface area contributed by atoms with Gasteiger partial charge in [-0.05, 0) is 10.2 Å². The zero-order valence-corrected chi connectivity index (χ0v) is 7.29. The average molecular weight is 257 g/mol. The number of nitrogens with zero attached hydrogens (tertiary/aromatic N) is 1. The summed E-state index contributed by atoms with van der Waals surface area (Å²) in [7, 11) is 0. The summed E-state index contributed by atoms with van der Waals surface area (Å²) in [5.74, 6) is 0. The first-order valence-corrected chi connectivity index (χ1v) is 5.44. The quantitative estimate of drug-likeness (QED) is 0.574. The second-order valence-electron chi connectivity index (χ2n) is 1.25. The SMILES string of the molecule is O=S(O)C1=CC=CI=N1. The maximum Gasteiger partial charge on any atom is 0.206 e. The minimum Gasteiger partial charge on any atom is -0.301 e. The van der Waals surface area contributed by atoms with Gasteiger partial charge in [0, 0.05) is 21.0 Å². The lowest BCUT2D eigenvalue weighted by Gasteiger charge is -1.92. The Balaban J connectivity index is 2.84. The van der Waals surface area contributed by atoms with Crippen molar-refractivity contribution in [3.05, 3.63) is 21.3 Å². The second kappa shape index (κ2) is 3.33. The van der Waals surface area contributed by atoms with E-state index in [1.54, 1.807) is 12.2 Å². The molecule has 9 heavy (non-hydrogen) atoms. The summed E-state index contributed by atoms with van der Waals surface area (Å²) in [6.45, 7) is 0. The third-order valence-corrected chi connectivity index (χ3v) is 3.13. The maximum absolute atomic E-state index is 10.3. The molecular formula is C4H4INO2S. The van der Waals surface area contributed by atoms with E-state index in [4.69, 9.17) is 4.55 Å². The molecule has 0 radical (unpaired) electrons. The third kappa shape index (κ3) is 2.07. The number of hydrogen-bond acceptors (Lipinski definition) is 2. The van der Waals surface area contributed by atoms with Gasteiger partial charge in [0.2, 0.25) is 11.1 Å². The minimum absolute atomic E-state index is 0.297. The van der Waals surface area contributed by atoms with Crippen LogP contribution < -0.4 is 0 Å². The van der Waals surface area contributed by atoms with Crippen molar-refractivity contribution in [2.24, 2.45) is 3.15 Å². The lowest BCUT2D eigenvalue weighted by Crippen LogP contribution is -1.87. The van der Waals surface area contributed by atoms with Crippen LogP contribution in [0.3, 0.4) is 0 Å². The second-order valence-corrected chi connectivity index (χ2v) is 3.93. The molecule has 0 amide bonds. The van der Waals surface area contributed by atoms with Crippen LogP contribution in [-0.2, 0) is 11.1 Å². The molecule has 1 rings (SSSR count). The van der Waals surface area contributed by atoms with Crippen molar-refractivity contribution in [3.63, 3.8) is 0 Å². The molecule has 0 fully saturated rings. The predicted molar refractivity (Wildman–Crippen MR) is 44.4 cm³/mol. The lowest BCUT2D eigenvalue weighted by atomic mass is 10.6. The smallest absolute Gasteiger partial charge is 0.206 e. The van der Waals surface area contributed by atoms with E-state index >= 15 is 0 Å². The topological polar surface area (TPSA) is 49.7 Å². The van der Waals surface area contributed by atoms with Crippen LogP contribution in [0.1, 0.15) is 0 Å². The standard InChI is InChI=1S/C4H4INO2S/c7-9(8)4-2-1-3-5-6-4/h1-3H,(H,7,8). The van der Waals surface area contributed by atoms with Gasteiger partial charge in [-0.2, -0.15) is 0 Å². The normalized spacial score (nSPS) is 20.3.